The van der Waals surface area contributed by atoms with Crippen LogP contribution in [0.2, 0.25) is 0 Å². The molecule has 0 aromatic heterocycles. The third-order valence-electron chi connectivity index (χ3n) is 4.71. The summed E-state index contributed by atoms with van der Waals surface area (Å²) in [6.45, 7) is 0. The Morgan fingerprint density at radius 3 is 2.45 bits per heavy atom. The molecule has 0 aromatic carbocycles. The highest BCUT2D eigenvalue weighted by atomic mass is 16.7. The molecule has 3 rings (SSSR count). The maximum Gasteiger partial charge on any atom is 0.336 e. The van der Waals surface area contributed by atoms with Crippen LogP contribution in [0.4, 0.5) is 0 Å². The lowest BCUT2D eigenvalue weighted by Gasteiger charge is -2.44. The number of fused-ring (bicyclic) bond motifs is 1. The summed E-state index contributed by atoms with van der Waals surface area (Å²) >= 11 is 0. The number of rotatable bonds is 2. The van der Waals surface area contributed by atoms with Gasteiger partial charge in [-0.1, -0.05) is 12.2 Å². The van der Waals surface area contributed by atoms with Crippen molar-refractivity contribution in [2.45, 2.75) is 44.9 Å². The van der Waals surface area contributed by atoms with Crippen LogP contribution in [-0.2, 0) is 19.2 Å². The first kappa shape index (κ1) is 13.3. The van der Waals surface area contributed by atoms with Gasteiger partial charge in [-0.15, -0.1) is 5.06 Å². The molecule has 3 atom stereocenters. The topological polar surface area (TPSA) is 63.7 Å². The molecule has 0 N–H and O–H groups in total. The van der Waals surface area contributed by atoms with Crippen molar-refractivity contribution in [2.24, 2.45) is 17.8 Å². The van der Waals surface area contributed by atoms with Gasteiger partial charge in [0.1, 0.15) is 0 Å². The molecule has 3 aliphatic rings. The molecule has 5 heteroatoms. The van der Waals surface area contributed by atoms with Crippen molar-refractivity contribution < 1.29 is 19.2 Å². The van der Waals surface area contributed by atoms with Gasteiger partial charge < -0.3 is 4.84 Å². The van der Waals surface area contributed by atoms with E-state index in [4.69, 9.17) is 4.84 Å². The van der Waals surface area contributed by atoms with Crippen LogP contribution in [0.5, 0.6) is 0 Å². The normalized spacial score (nSPS) is 33.2. The molecule has 2 fully saturated rings. The molecule has 0 radical (unpaired) electrons. The minimum atomic E-state index is -0.403. The molecule has 5 nitrogen and oxygen atoms in total. The van der Waals surface area contributed by atoms with Crippen LogP contribution in [0.1, 0.15) is 44.9 Å². The van der Waals surface area contributed by atoms with Crippen LogP contribution in [0.3, 0.4) is 0 Å². The lowest BCUT2D eigenvalue weighted by molar-refractivity contribution is -0.206. The molecule has 3 unspecified atom stereocenters. The first-order valence-electron chi connectivity index (χ1n) is 7.39. The Balaban J connectivity index is 1.59. The summed E-state index contributed by atoms with van der Waals surface area (Å²) in [6, 6.07) is 0. The molecule has 1 saturated carbocycles. The maximum atomic E-state index is 12.1. The van der Waals surface area contributed by atoms with E-state index in [1.54, 1.807) is 0 Å². The first-order valence-corrected chi connectivity index (χ1v) is 7.39. The fourth-order valence-corrected chi connectivity index (χ4v) is 3.50. The van der Waals surface area contributed by atoms with Crippen molar-refractivity contribution in [1.29, 1.82) is 0 Å². The van der Waals surface area contributed by atoms with E-state index in [9.17, 15) is 14.4 Å². The van der Waals surface area contributed by atoms with Crippen molar-refractivity contribution in [3.05, 3.63) is 12.2 Å². The number of allylic oxidation sites excluding steroid dienone is 2. The third kappa shape index (κ3) is 2.37. The van der Waals surface area contributed by atoms with Gasteiger partial charge in [-0.25, -0.2) is 4.79 Å². The molecule has 20 heavy (non-hydrogen) atoms. The molecule has 2 amide bonds. The van der Waals surface area contributed by atoms with Gasteiger partial charge in [-0.05, 0) is 43.9 Å². The zero-order valence-corrected chi connectivity index (χ0v) is 11.4. The summed E-state index contributed by atoms with van der Waals surface area (Å²) in [7, 11) is 0. The van der Waals surface area contributed by atoms with E-state index in [1.165, 1.54) is 0 Å². The van der Waals surface area contributed by atoms with Gasteiger partial charge in [0.2, 0.25) is 0 Å². The number of amides is 2. The molecular weight excluding hydrogens is 258 g/mol. The Morgan fingerprint density at radius 1 is 1.10 bits per heavy atom. The minimum absolute atomic E-state index is 0.146. The summed E-state index contributed by atoms with van der Waals surface area (Å²) in [5.74, 6) is -0.422. The standard InChI is InChI=1S/C15H19NO4/c17-13-7-8-14(18)16(13)20-15(19)12-9-10-5-3-1-2-4-6-11(10)12/h1-2,10-12H,3-9H2. The van der Waals surface area contributed by atoms with Crippen molar-refractivity contribution in [2.75, 3.05) is 0 Å². The first-order chi connectivity index (χ1) is 9.66. The van der Waals surface area contributed by atoms with Crippen molar-refractivity contribution in [1.82, 2.24) is 5.06 Å². The number of nitrogens with zero attached hydrogens (tertiary/aromatic N) is 1. The largest absolute Gasteiger partial charge is 0.336 e. The molecule has 1 heterocycles. The van der Waals surface area contributed by atoms with Gasteiger partial charge in [0.15, 0.2) is 0 Å². The zero-order chi connectivity index (χ0) is 14.1. The molecule has 108 valence electrons. The number of hydroxylamine groups is 2. The maximum absolute atomic E-state index is 12.1. The second kappa shape index (κ2) is 5.38. The van der Waals surface area contributed by atoms with E-state index in [0.717, 1.165) is 32.1 Å². The summed E-state index contributed by atoms with van der Waals surface area (Å²) in [6.07, 6.45) is 9.68. The van der Waals surface area contributed by atoms with Crippen molar-refractivity contribution in [3.8, 4) is 0 Å². The summed E-state index contributed by atoms with van der Waals surface area (Å²) in [5.41, 5.74) is 0. The SMILES string of the molecule is O=C(ON1C(=O)CCC1=O)C1CC2CCC=CCCC21. The van der Waals surface area contributed by atoms with Crippen LogP contribution in [0.15, 0.2) is 12.2 Å². The van der Waals surface area contributed by atoms with Crippen LogP contribution >= 0.6 is 0 Å². The summed E-state index contributed by atoms with van der Waals surface area (Å²) in [5, 5.41) is 0.665. The van der Waals surface area contributed by atoms with Gasteiger partial charge in [0.25, 0.3) is 11.8 Å². The van der Waals surface area contributed by atoms with Crippen LogP contribution in [-0.4, -0.2) is 22.8 Å². The molecule has 1 aliphatic heterocycles. The van der Waals surface area contributed by atoms with Gasteiger partial charge in [0.05, 0.1) is 5.92 Å². The molecule has 0 spiro atoms. The van der Waals surface area contributed by atoms with Crippen LogP contribution < -0.4 is 0 Å². The number of imide groups is 1. The smallest absolute Gasteiger partial charge is 0.330 e. The lowest BCUT2D eigenvalue weighted by atomic mass is 9.61. The second-order valence-corrected chi connectivity index (χ2v) is 5.88. The molecule has 0 aromatic rings. The summed E-state index contributed by atoms with van der Waals surface area (Å²) in [4.78, 5) is 40.1. The average molecular weight is 277 g/mol. The van der Waals surface area contributed by atoms with E-state index < -0.39 is 17.8 Å². The van der Waals surface area contributed by atoms with E-state index >= 15 is 0 Å². The Morgan fingerprint density at radius 2 is 1.75 bits per heavy atom. The van der Waals surface area contributed by atoms with E-state index in [-0.39, 0.29) is 18.8 Å². The van der Waals surface area contributed by atoms with Gasteiger partial charge in [-0.3, -0.25) is 9.59 Å². The Hall–Kier alpha value is -1.65. The van der Waals surface area contributed by atoms with Gasteiger partial charge in [0, 0.05) is 12.8 Å². The van der Waals surface area contributed by atoms with Gasteiger partial charge in [-0.2, -0.15) is 0 Å². The highest BCUT2D eigenvalue weighted by Gasteiger charge is 2.47. The Bertz CT molecular complexity index is 454. The highest BCUT2D eigenvalue weighted by molar-refractivity contribution is 6.01. The number of hydrogen-bond donors (Lipinski definition) is 0. The lowest BCUT2D eigenvalue weighted by Crippen LogP contribution is -2.45. The molecule has 1 saturated heterocycles. The predicted octanol–water partition coefficient (Wildman–Crippen LogP) is 1.98. The quantitative estimate of drug-likeness (QED) is 0.572. The summed E-state index contributed by atoms with van der Waals surface area (Å²) < 4.78 is 0. The Labute approximate surface area is 117 Å². The Kier molecular flexibility index (Phi) is 3.59. The second-order valence-electron chi connectivity index (χ2n) is 5.88. The highest BCUT2D eigenvalue weighted by Crippen LogP contribution is 2.47. The monoisotopic (exact) mass is 277 g/mol. The van der Waals surface area contributed by atoms with Crippen LogP contribution in [0.25, 0.3) is 0 Å². The minimum Gasteiger partial charge on any atom is -0.330 e. The van der Waals surface area contributed by atoms with E-state index in [0.29, 0.717) is 16.9 Å². The fourth-order valence-electron chi connectivity index (χ4n) is 3.50. The molecule has 2 aliphatic carbocycles. The van der Waals surface area contributed by atoms with Crippen molar-refractivity contribution in [3.63, 3.8) is 0 Å². The van der Waals surface area contributed by atoms with E-state index in [2.05, 4.69) is 12.2 Å². The fraction of sp³-hybridized carbons (Fsp3) is 0.667. The number of carbonyl (C=O) groups excluding carboxylic acids is 3. The average Bonchev–Trinajstić information content (AvgIpc) is 2.69. The van der Waals surface area contributed by atoms with Crippen molar-refractivity contribution >= 4 is 17.8 Å². The molecule has 0 bridgehead atoms. The third-order valence-corrected chi connectivity index (χ3v) is 4.71. The van der Waals surface area contributed by atoms with Crippen LogP contribution in [0, 0.1) is 17.8 Å². The van der Waals surface area contributed by atoms with Gasteiger partial charge >= 0.3 is 5.97 Å². The van der Waals surface area contributed by atoms with E-state index in [1.807, 2.05) is 0 Å². The predicted molar refractivity (Wildman–Crippen MR) is 69.9 cm³/mol. The zero-order valence-electron chi connectivity index (χ0n) is 11.4. The number of hydrogen-bond acceptors (Lipinski definition) is 4. The number of carbonyl (C=O) groups is 3. The molecular formula is C15H19NO4.